The number of carbonyl (C=O) groups excluding carboxylic acids is 4. The average Bonchev–Trinajstić information content (AvgIpc) is 2.95. The summed E-state index contributed by atoms with van der Waals surface area (Å²) in [4.78, 5) is 62.7. The van der Waals surface area contributed by atoms with E-state index in [9.17, 15) is 34.2 Å². The zero-order chi connectivity index (χ0) is 31.1. The number of benzene rings is 2. The Labute approximate surface area is 244 Å². The fraction of sp³-hybridized carbons (Fsp3) is 0.414. The topological polar surface area (TPSA) is 240 Å². The molecule has 4 unspecified atom stereocenters. The number of unbranched alkanes of at least 4 members (excludes halogenated alkanes) is 1. The zero-order valence-corrected chi connectivity index (χ0v) is 23.3. The lowest BCUT2D eigenvalue weighted by Crippen LogP contribution is -2.57. The van der Waals surface area contributed by atoms with E-state index in [4.69, 9.17) is 17.2 Å². The molecule has 4 amide bonds. The van der Waals surface area contributed by atoms with Crippen molar-refractivity contribution in [1.29, 1.82) is 0 Å². The Kier molecular flexibility index (Phi) is 13.9. The second-order valence-electron chi connectivity index (χ2n) is 9.98. The number of carboxylic acid groups (broad SMARTS) is 1. The molecular weight excluding hydrogens is 544 g/mol. The van der Waals surface area contributed by atoms with Gasteiger partial charge in [0, 0.05) is 12.8 Å². The minimum atomic E-state index is -1.32. The molecule has 0 bridgehead atoms. The smallest absolute Gasteiger partial charge is 0.326 e. The predicted molar refractivity (Wildman–Crippen MR) is 155 cm³/mol. The minimum absolute atomic E-state index is 0.0105. The number of rotatable bonds is 18. The number of nitrogens with two attached hydrogens (primary N) is 3. The number of phenols is 1. The summed E-state index contributed by atoms with van der Waals surface area (Å²) >= 11 is 0. The lowest BCUT2D eigenvalue weighted by molar-refractivity contribution is -0.142. The highest BCUT2D eigenvalue weighted by Gasteiger charge is 2.30. The van der Waals surface area contributed by atoms with Gasteiger partial charge < -0.3 is 43.4 Å². The molecule has 11 N–H and O–H groups in total. The highest BCUT2D eigenvalue weighted by molar-refractivity contribution is 5.94. The van der Waals surface area contributed by atoms with E-state index in [1.807, 2.05) is 6.07 Å². The molecular formula is C29H40N6O7. The van der Waals surface area contributed by atoms with Crippen LogP contribution in [0, 0.1) is 0 Å². The molecule has 0 aliphatic carbocycles. The van der Waals surface area contributed by atoms with Gasteiger partial charge in [0.05, 0.1) is 6.04 Å². The van der Waals surface area contributed by atoms with E-state index in [0.717, 1.165) is 5.56 Å². The summed E-state index contributed by atoms with van der Waals surface area (Å²) in [5.41, 5.74) is 18.3. The number of phenolic OH excluding ortho intramolecular Hbond substituents is 1. The van der Waals surface area contributed by atoms with Crippen molar-refractivity contribution in [3.8, 4) is 5.75 Å². The summed E-state index contributed by atoms with van der Waals surface area (Å²) in [6.45, 7) is 0.345. The van der Waals surface area contributed by atoms with Crippen LogP contribution in [0.2, 0.25) is 0 Å². The lowest BCUT2D eigenvalue weighted by atomic mass is 10.0. The van der Waals surface area contributed by atoms with Crippen LogP contribution in [0.5, 0.6) is 5.75 Å². The van der Waals surface area contributed by atoms with Gasteiger partial charge in [0.1, 0.15) is 23.9 Å². The van der Waals surface area contributed by atoms with Gasteiger partial charge in [-0.25, -0.2) is 4.79 Å². The van der Waals surface area contributed by atoms with Gasteiger partial charge in [-0.15, -0.1) is 0 Å². The van der Waals surface area contributed by atoms with Crippen LogP contribution in [0.1, 0.15) is 43.2 Å². The van der Waals surface area contributed by atoms with Crippen LogP contribution in [-0.4, -0.2) is 70.5 Å². The molecule has 0 saturated heterocycles. The van der Waals surface area contributed by atoms with E-state index in [-0.39, 0.29) is 37.9 Å². The van der Waals surface area contributed by atoms with E-state index >= 15 is 0 Å². The summed E-state index contributed by atoms with van der Waals surface area (Å²) < 4.78 is 0. The molecule has 0 saturated carbocycles. The SMILES string of the molecule is NCCCCC(NC(=O)C(CCC(N)=O)NC(=O)C(N)Cc1ccccc1)C(=O)NC(Cc1ccc(O)cc1)C(=O)O. The van der Waals surface area contributed by atoms with Crippen molar-refractivity contribution in [2.45, 2.75) is 69.1 Å². The summed E-state index contributed by atoms with van der Waals surface area (Å²) in [5.74, 6) is -4.10. The third-order valence-electron chi connectivity index (χ3n) is 6.52. The molecule has 13 nitrogen and oxygen atoms in total. The van der Waals surface area contributed by atoms with E-state index in [0.29, 0.717) is 24.9 Å². The molecule has 2 aromatic rings. The Morgan fingerprint density at radius 3 is 1.83 bits per heavy atom. The second-order valence-corrected chi connectivity index (χ2v) is 9.98. The van der Waals surface area contributed by atoms with Crippen molar-refractivity contribution < 1.29 is 34.2 Å². The molecule has 4 atom stereocenters. The first-order chi connectivity index (χ1) is 20.0. The Balaban J connectivity index is 2.15. The van der Waals surface area contributed by atoms with Gasteiger partial charge in [-0.3, -0.25) is 19.2 Å². The van der Waals surface area contributed by atoms with Gasteiger partial charge in [-0.1, -0.05) is 42.5 Å². The van der Waals surface area contributed by atoms with Crippen LogP contribution < -0.4 is 33.2 Å². The first kappa shape index (κ1) is 33.7. The van der Waals surface area contributed by atoms with Gasteiger partial charge in [-0.05, 0) is 61.9 Å². The number of nitrogens with one attached hydrogen (secondary N) is 3. The molecule has 2 aromatic carbocycles. The van der Waals surface area contributed by atoms with Crippen LogP contribution in [0.15, 0.2) is 54.6 Å². The van der Waals surface area contributed by atoms with Crippen LogP contribution >= 0.6 is 0 Å². The van der Waals surface area contributed by atoms with Crippen molar-refractivity contribution in [1.82, 2.24) is 16.0 Å². The number of carbonyl (C=O) groups is 5. The van der Waals surface area contributed by atoms with Crippen molar-refractivity contribution in [2.24, 2.45) is 17.2 Å². The third-order valence-corrected chi connectivity index (χ3v) is 6.52. The molecule has 0 aliphatic heterocycles. The van der Waals surface area contributed by atoms with Crippen LogP contribution in [0.25, 0.3) is 0 Å². The van der Waals surface area contributed by atoms with Crippen LogP contribution in [-0.2, 0) is 36.8 Å². The van der Waals surface area contributed by atoms with Crippen molar-refractivity contribution in [2.75, 3.05) is 6.54 Å². The number of carboxylic acids is 1. The quantitative estimate of drug-likeness (QED) is 0.105. The molecule has 228 valence electrons. The normalized spacial score (nSPS) is 13.7. The Morgan fingerprint density at radius 2 is 1.26 bits per heavy atom. The fourth-order valence-electron chi connectivity index (χ4n) is 4.17. The maximum atomic E-state index is 13.3. The first-order valence-corrected chi connectivity index (χ1v) is 13.7. The summed E-state index contributed by atoms with van der Waals surface area (Å²) in [6.07, 6.45) is 0.922. The maximum absolute atomic E-state index is 13.3. The number of primary amides is 1. The molecule has 0 spiro atoms. The average molecular weight is 585 g/mol. The van der Waals surface area contributed by atoms with Gasteiger partial charge in [-0.2, -0.15) is 0 Å². The largest absolute Gasteiger partial charge is 0.508 e. The number of hydrogen-bond donors (Lipinski definition) is 8. The molecule has 0 fully saturated rings. The number of aliphatic carboxylic acids is 1. The zero-order valence-electron chi connectivity index (χ0n) is 23.3. The van der Waals surface area contributed by atoms with Gasteiger partial charge in [0.2, 0.25) is 23.6 Å². The minimum Gasteiger partial charge on any atom is -0.508 e. The fourth-order valence-corrected chi connectivity index (χ4v) is 4.17. The van der Waals surface area contributed by atoms with Gasteiger partial charge in [0.25, 0.3) is 0 Å². The Hall–Kier alpha value is -4.49. The molecule has 42 heavy (non-hydrogen) atoms. The standard InChI is InChI=1S/C29H40N6O7/c30-15-5-4-8-22(27(39)35-24(29(41)42)17-19-9-11-20(36)12-10-19)34-28(40)23(13-14-25(32)37)33-26(38)21(31)16-18-6-2-1-3-7-18/h1-3,6-7,9-12,21-24,36H,4-5,8,13-17,30-31H2,(H2,32,37)(H,33,38)(H,34,40)(H,35,39)(H,41,42). The van der Waals surface area contributed by atoms with Crippen molar-refractivity contribution in [3.05, 3.63) is 65.7 Å². The number of amides is 4. The van der Waals surface area contributed by atoms with Crippen LogP contribution in [0.4, 0.5) is 0 Å². The van der Waals surface area contributed by atoms with E-state index in [1.54, 1.807) is 24.3 Å². The maximum Gasteiger partial charge on any atom is 0.326 e. The van der Waals surface area contributed by atoms with Gasteiger partial charge in [0.15, 0.2) is 0 Å². The number of hydrogen-bond acceptors (Lipinski definition) is 8. The highest BCUT2D eigenvalue weighted by Crippen LogP contribution is 2.12. The van der Waals surface area contributed by atoms with E-state index in [2.05, 4.69) is 16.0 Å². The van der Waals surface area contributed by atoms with Crippen molar-refractivity contribution >= 4 is 29.6 Å². The molecule has 0 aromatic heterocycles. The molecule has 0 heterocycles. The second kappa shape index (κ2) is 17.4. The van der Waals surface area contributed by atoms with Crippen LogP contribution in [0.3, 0.4) is 0 Å². The van der Waals surface area contributed by atoms with E-state index < -0.39 is 53.8 Å². The monoisotopic (exact) mass is 584 g/mol. The van der Waals surface area contributed by atoms with Gasteiger partial charge >= 0.3 is 5.97 Å². The number of aromatic hydroxyl groups is 1. The molecule has 0 aliphatic rings. The Morgan fingerprint density at radius 1 is 0.714 bits per heavy atom. The van der Waals surface area contributed by atoms with Crippen molar-refractivity contribution in [3.63, 3.8) is 0 Å². The summed E-state index contributed by atoms with van der Waals surface area (Å²) in [5, 5.41) is 26.8. The predicted octanol–water partition coefficient (Wildman–Crippen LogP) is -0.562. The molecule has 0 radical (unpaired) electrons. The molecule has 2 rings (SSSR count). The highest BCUT2D eigenvalue weighted by atomic mass is 16.4. The van der Waals surface area contributed by atoms with E-state index in [1.165, 1.54) is 24.3 Å². The summed E-state index contributed by atoms with van der Waals surface area (Å²) in [7, 11) is 0. The third kappa shape index (κ3) is 11.9. The lowest BCUT2D eigenvalue weighted by Gasteiger charge is -2.25. The summed E-state index contributed by atoms with van der Waals surface area (Å²) in [6, 6.07) is 10.2. The Bertz CT molecular complexity index is 1190. The first-order valence-electron chi connectivity index (χ1n) is 13.7. The molecule has 13 heteroatoms.